The van der Waals surface area contributed by atoms with Crippen LogP contribution in [0.25, 0.3) is 0 Å². The van der Waals surface area contributed by atoms with E-state index in [1.54, 1.807) is 0 Å². The highest BCUT2D eigenvalue weighted by Crippen LogP contribution is 2.59. The van der Waals surface area contributed by atoms with E-state index in [9.17, 15) is 9.59 Å². The summed E-state index contributed by atoms with van der Waals surface area (Å²) in [5, 5.41) is 0. The molecule has 0 radical (unpaired) electrons. The van der Waals surface area contributed by atoms with E-state index >= 15 is 0 Å². The molecule has 1 saturated heterocycles. The van der Waals surface area contributed by atoms with E-state index in [0.717, 1.165) is 41.8 Å². The fourth-order valence-corrected chi connectivity index (χ4v) is 8.05. The number of carbonyl (C=O) groups excluding carboxylic acids is 2. The number of nitrogens with one attached hydrogen (secondary N) is 1. The summed E-state index contributed by atoms with van der Waals surface area (Å²) in [7, 11) is 2.08. The van der Waals surface area contributed by atoms with E-state index in [0.29, 0.717) is 25.1 Å². The van der Waals surface area contributed by atoms with Crippen LogP contribution in [0.15, 0.2) is 54.6 Å². The number of likely N-dealkylation sites (N-methyl/N-ethyl adjacent to an activating group) is 1. The first-order valence-electron chi connectivity index (χ1n) is 15.1. The number of piperidine rings is 1. The molecule has 0 unspecified atom stereocenters. The minimum atomic E-state index is -1.76. The van der Waals surface area contributed by atoms with Gasteiger partial charge in [-0.2, -0.15) is 0 Å². The molecule has 234 valence electrons. The Kier molecular flexibility index (Phi) is 8.23. The average molecular weight is 659 g/mol. The van der Waals surface area contributed by atoms with Gasteiger partial charge in [0.15, 0.2) is 0 Å². The van der Waals surface area contributed by atoms with E-state index < -0.39 is 27.6 Å². The largest absolute Gasteiger partial charge is 0.509 e. The number of aromatic amines is 1. The fraction of sp³-hybridized carbons (Fsp3) is 0.471. The molecule has 10 heteroatoms. The molecular weight excluding hydrogens is 621 g/mol. The third kappa shape index (κ3) is 5.30. The lowest BCUT2D eigenvalue weighted by Gasteiger charge is -2.63. The number of nitrogens with zero attached hydrogens (tertiary/aromatic N) is 2. The lowest BCUT2D eigenvalue weighted by molar-refractivity contribution is -0.161. The highest BCUT2D eigenvalue weighted by atomic mass is 35.6. The van der Waals surface area contributed by atoms with Gasteiger partial charge >= 0.3 is 6.16 Å². The van der Waals surface area contributed by atoms with Crippen LogP contribution >= 0.6 is 34.8 Å². The maximum atomic E-state index is 14.2. The van der Waals surface area contributed by atoms with Crippen LogP contribution in [0, 0.1) is 6.92 Å². The van der Waals surface area contributed by atoms with Gasteiger partial charge in [-0.25, -0.2) is 4.79 Å². The predicted molar refractivity (Wildman–Crippen MR) is 173 cm³/mol. The number of alkyl halides is 3. The van der Waals surface area contributed by atoms with Crippen molar-refractivity contribution in [2.75, 3.05) is 20.2 Å². The Balaban J connectivity index is 1.44. The van der Waals surface area contributed by atoms with E-state index in [-0.39, 0.29) is 18.0 Å². The smallest absolute Gasteiger partial charge is 0.430 e. The van der Waals surface area contributed by atoms with Crippen molar-refractivity contribution in [1.82, 2.24) is 14.8 Å². The molecule has 44 heavy (non-hydrogen) atoms. The molecule has 2 heterocycles. The number of aromatic nitrogens is 1. The van der Waals surface area contributed by atoms with E-state index in [4.69, 9.17) is 44.3 Å². The van der Waals surface area contributed by atoms with Gasteiger partial charge in [0.1, 0.15) is 17.9 Å². The Morgan fingerprint density at radius 1 is 1.09 bits per heavy atom. The van der Waals surface area contributed by atoms with Gasteiger partial charge in [0.25, 0.3) is 5.91 Å². The summed E-state index contributed by atoms with van der Waals surface area (Å²) in [5.74, 6) is -0.0474. The Morgan fingerprint density at radius 3 is 2.50 bits per heavy atom. The third-order valence-electron chi connectivity index (χ3n) is 10.0. The maximum absolute atomic E-state index is 14.2. The summed E-state index contributed by atoms with van der Waals surface area (Å²) in [6.07, 6.45) is 1.65. The standard InChI is InChI=1S/C34H38Cl3N3O4/c1-21(2)40(19-23-10-6-5-7-11-23)30(41)29-22(3)25-17-33(44-31(42)43-20-34(35,36)37)28-16-24-12-8-9-13-26(24)32(33,14-15-39(28)4)18-27(25)38-29/h5-13,21,28,38H,14-20H2,1-4H3/t28-,32-,33-/m1/s1. The molecule has 1 fully saturated rings. The molecule has 2 aliphatic carbocycles. The molecule has 3 aliphatic rings. The van der Waals surface area contributed by atoms with Gasteiger partial charge in [-0.05, 0) is 75.0 Å². The summed E-state index contributed by atoms with van der Waals surface area (Å²) in [6.45, 7) is 6.99. The summed E-state index contributed by atoms with van der Waals surface area (Å²) in [5.41, 5.74) is 5.50. The average Bonchev–Trinajstić information content (AvgIpc) is 3.29. The van der Waals surface area contributed by atoms with Crippen molar-refractivity contribution in [3.8, 4) is 0 Å². The number of fused-ring (bicyclic) bond motifs is 2. The van der Waals surface area contributed by atoms with Crippen molar-refractivity contribution in [3.05, 3.63) is 93.8 Å². The zero-order valence-electron chi connectivity index (χ0n) is 25.5. The van der Waals surface area contributed by atoms with Crippen LogP contribution in [0.2, 0.25) is 0 Å². The minimum Gasteiger partial charge on any atom is -0.430 e. The number of hydrogen-bond acceptors (Lipinski definition) is 5. The zero-order valence-corrected chi connectivity index (χ0v) is 27.7. The van der Waals surface area contributed by atoms with Crippen LogP contribution in [-0.2, 0) is 40.7 Å². The van der Waals surface area contributed by atoms with E-state index in [2.05, 4.69) is 35.1 Å². The first-order chi connectivity index (χ1) is 20.8. The van der Waals surface area contributed by atoms with Crippen LogP contribution in [0.5, 0.6) is 0 Å². The molecule has 6 rings (SSSR count). The van der Waals surface area contributed by atoms with Crippen molar-refractivity contribution in [1.29, 1.82) is 0 Å². The number of hydrogen-bond donors (Lipinski definition) is 1. The van der Waals surface area contributed by atoms with Gasteiger partial charge in [-0.1, -0.05) is 89.4 Å². The van der Waals surface area contributed by atoms with Crippen LogP contribution < -0.4 is 0 Å². The summed E-state index contributed by atoms with van der Waals surface area (Å²) < 4.78 is 10.1. The first kappa shape index (κ1) is 31.3. The number of carbonyl (C=O) groups is 2. The Morgan fingerprint density at radius 2 is 1.80 bits per heavy atom. The molecule has 2 aromatic carbocycles. The fourth-order valence-electron chi connectivity index (χ4n) is 7.89. The van der Waals surface area contributed by atoms with Crippen molar-refractivity contribution in [3.63, 3.8) is 0 Å². The van der Waals surface area contributed by atoms with Crippen LogP contribution in [0.4, 0.5) is 4.79 Å². The zero-order chi connectivity index (χ0) is 31.4. The van der Waals surface area contributed by atoms with Crippen molar-refractivity contribution < 1.29 is 19.1 Å². The highest BCUT2D eigenvalue weighted by molar-refractivity contribution is 6.67. The van der Waals surface area contributed by atoms with Crippen LogP contribution in [0.3, 0.4) is 0 Å². The first-order valence-corrected chi connectivity index (χ1v) is 16.2. The lowest BCUT2D eigenvalue weighted by Crippen LogP contribution is -2.75. The molecule has 3 aromatic rings. The SMILES string of the molecule is Cc1c(C(=O)N(Cc2ccccc2)C(C)C)[nH]c2c1C[C@@]1(OC(=O)OCC(Cl)(Cl)Cl)[C@H]3Cc4ccccc4[C@@]1(CCN3C)C2. The quantitative estimate of drug-likeness (QED) is 0.230. The van der Waals surface area contributed by atoms with Gasteiger partial charge < -0.3 is 19.4 Å². The van der Waals surface area contributed by atoms with Crippen LogP contribution in [-0.4, -0.2) is 68.5 Å². The monoisotopic (exact) mass is 657 g/mol. The maximum Gasteiger partial charge on any atom is 0.509 e. The Bertz CT molecular complexity index is 1570. The van der Waals surface area contributed by atoms with E-state index in [1.165, 1.54) is 11.1 Å². The summed E-state index contributed by atoms with van der Waals surface area (Å²) in [4.78, 5) is 35.4. The number of amides is 1. The molecular formula is C34H38Cl3N3O4. The molecule has 0 spiro atoms. The minimum absolute atomic E-state index is 0.00860. The second-order valence-electron chi connectivity index (χ2n) is 12.8. The van der Waals surface area contributed by atoms with Crippen LogP contribution in [0.1, 0.15) is 64.3 Å². The predicted octanol–water partition coefficient (Wildman–Crippen LogP) is 6.93. The molecule has 1 N–H and O–H groups in total. The molecule has 1 aliphatic heterocycles. The normalized spacial score (nSPS) is 24.2. The number of likely N-dealkylation sites (tertiary alicyclic amines) is 1. The van der Waals surface area contributed by atoms with Gasteiger partial charge in [0, 0.05) is 36.5 Å². The van der Waals surface area contributed by atoms with Crippen molar-refractivity contribution >= 4 is 46.9 Å². The number of H-pyrrole nitrogens is 1. The van der Waals surface area contributed by atoms with Crippen molar-refractivity contribution in [2.24, 2.45) is 0 Å². The van der Waals surface area contributed by atoms with Gasteiger partial charge in [0.05, 0.1) is 6.04 Å². The van der Waals surface area contributed by atoms with E-state index in [1.807, 2.05) is 62.1 Å². The van der Waals surface area contributed by atoms with Crippen molar-refractivity contribution in [2.45, 2.75) is 79.9 Å². The number of rotatable bonds is 6. The van der Waals surface area contributed by atoms with Gasteiger partial charge in [-0.15, -0.1) is 0 Å². The molecule has 3 atom stereocenters. The lowest BCUT2D eigenvalue weighted by atomic mass is 9.49. The van der Waals surface area contributed by atoms with Gasteiger partial charge in [0.2, 0.25) is 3.79 Å². The second kappa shape index (κ2) is 11.6. The summed E-state index contributed by atoms with van der Waals surface area (Å²) >= 11 is 17.7. The molecule has 0 saturated carbocycles. The molecule has 1 aromatic heterocycles. The Labute approximate surface area is 273 Å². The van der Waals surface area contributed by atoms with Gasteiger partial charge in [-0.3, -0.25) is 9.69 Å². The topological polar surface area (TPSA) is 74.9 Å². The molecule has 1 amide bonds. The second-order valence-corrected chi connectivity index (χ2v) is 15.3. The number of benzene rings is 2. The molecule has 7 nitrogen and oxygen atoms in total. The third-order valence-corrected chi connectivity index (χ3v) is 10.3. The molecule has 2 bridgehead atoms. The summed E-state index contributed by atoms with van der Waals surface area (Å²) in [6, 6.07) is 18.3. The number of ether oxygens (including phenoxy) is 2. The highest BCUT2D eigenvalue weighted by Gasteiger charge is 2.67. The Hall–Kier alpha value is -2.71. The number of halogens is 3.